The smallest absolute Gasteiger partial charge is 0.335 e. The minimum atomic E-state index is -1.29. The molecule has 2 aromatic rings. The van der Waals surface area contributed by atoms with Gasteiger partial charge >= 0.3 is 5.97 Å². The van der Waals surface area contributed by atoms with Gasteiger partial charge in [-0.25, -0.2) is 4.79 Å². The second-order valence-corrected chi connectivity index (χ2v) is 26.7. The van der Waals surface area contributed by atoms with E-state index in [1.54, 1.807) is 0 Å². The molecule has 0 aliphatic heterocycles. The van der Waals surface area contributed by atoms with Crippen LogP contribution in [-0.4, -0.2) is 16.9 Å². The number of carboxylic acids is 1. The molecule has 0 bridgehead atoms. The minimum Gasteiger partial charge on any atom is -0.872 e. The van der Waals surface area contributed by atoms with Crippen molar-refractivity contribution >= 4 is 11.8 Å². The van der Waals surface area contributed by atoms with E-state index in [4.69, 9.17) is 5.11 Å². The molecule has 0 spiro atoms. The van der Waals surface area contributed by atoms with Gasteiger partial charge in [-0.3, -0.25) is 4.79 Å². The highest BCUT2D eigenvalue weighted by Gasteiger charge is 2.29. The number of rotatable bonds is 62. The van der Waals surface area contributed by atoms with Crippen LogP contribution in [0.5, 0.6) is 5.75 Å². The summed E-state index contributed by atoms with van der Waals surface area (Å²) in [6, 6.07) is 3.73. The molecule has 0 aliphatic rings. The van der Waals surface area contributed by atoms with Crippen molar-refractivity contribution < 1.29 is 24.4 Å². The highest BCUT2D eigenvalue weighted by atomic mass is 16.4. The third kappa shape index (κ3) is 42.8. The van der Waals surface area contributed by atoms with Crippen molar-refractivity contribution in [1.82, 2.24) is 0 Å². The average Bonchev–Trinajstić information content (AvgIpc) is 1.91. The Hall–Kier alpha value is -2.69. The summed E-state index contributed by atoms with van der Waals surface area (Å²) in [5, 5.41) is 20.1. The van der Waals surface area contributed by atoms with Crippen molar-refractivity contribution in [1.29, 1.82) is 0 Å². The molecule has 5 nitrogen and oxygen atoms in total. The lowest BCUT2D eigenvalue weighted by molar-refractivity contribution is -0.712. The van der Waals surface area contributed by atoms with Gasteiger partial charge in [0.2, 0.25) is 0 Å². The molecule has 0 fully saturated rings. The second-order valence-electron chi connectivity index (χ2n) is 26.7. The minimum absolute atomic E-state index is 0.0981. The van der Waals surface area contributed by atoms with Gasteiger partial charge < -0.3 is 10.2 Å². The van der Waals surface area contributed by atoms with Crippen LogP contribution in [0, 0.1) is 0 Å². The predicted molar refractivity (Wildman–Crippen MR) is 371 cm³/mol. The molecule has 1 N–H and O–H groups in total. The van der Waals surface area contributed by atoms with E-state index in [1.165, 1.54) is 365 Å². The lowest BCUT2D eigenvalue weighted by Gasteiger charge is -2.23. The van der Waals surface area contributed by atoms with Gasteiger partial charge in [0.1, 0.15) is 6.54 Å². The normalized spacial score (nSPS) is 11.4. The number of carboxylic acid groups (broad SMARTS) is 1. The first-order chi connectivity index (χ1) is 41.7. The van der Waals surface area contributed by atoms with Gasteiger partial charge in [0, 0.05) is 42.4 Å². The van der Waals surface area contributed by atoms with Crippen molar-refractivity contribution in [2.45, 2.75) is 434 Å². The average molecular weight is 1190 g/mol. The summed E-state index contributed by atoms with van der Waals surface area (Å²) in [4.78, 5) is 22.7. The predicted octanol–water partition coefficient (Wildman–Crippen LogP) is 25.5. The summed E-state index contributed by atoms with van der Waals surface area (Å²) in [6.07, 6.45) is 81.0. The van der Waals surface area contributed by atoms with Gasteiger partial charge in [0.15, 0.2) is 17.2 Å². The molecule has 0 amide bonds. The number of carbonyl (C=O) groups excluding carboxylic acids is 1. The third-order valence-corrected chi connectivity index (χ3v) is 18.7. The molecule has 0 unspecified atom stereocenters. The van der Waals surface area contributed by atoms with E-state index in [1.807, 2.05) is 28.1 Å². The van der Waals surface area contributed by atoms with E-state index in [9.17, 15) is 14.7 Å². The number of carbonyl (C=O) groups is 2. The first-order valence-corrected chi connectivity index (χ1v) is 38.4. The number of hydrogen-bond donors (Lipinski definition) is 1. The molecular weight excluding hydrogens is 1040 g/mol. The lowest BCUT2D eigenvalue weighted by Crippen LogP contribution is -2.46. The molecule has 1 aromatic heterocycles. The summed E-state index contributed by atoms with van der Waals surface area (Å²) in [6.45, 7) is 17.6. The van der Waals surface area contributed by atoms with Gasteiger partial charge in [0.05, 0.1) is 5.56 Å². The van der Waals surface area contributed by atoms with Crippen LogP contribution < -0.4 is 9.67 Å². The second kappa shape index (κ2) is 60.2. The Balaban J connectivity index is 0.00000160. The highest BCUT2D eigenvalue weighted by Crippen LogP contribution is 2.31. The van der Waals surface area contributed by atoms with Crippen molar-refractivity contribution in [2.75, 3.05) is 0 Å². The summed E-state index contributed by atoms with van der Waals surface area (Å²) < 4.78 is 3.12. The van der Waals surface area contributed by atoms with E-state index in [2.05, 4.69) is 53.0 Å². The summed E-state index contributed by atoms with van der Waals surface area (Å²) in [5.74, 6) is -1.95. The molecule has 0 saturated carbocycles. The Labute approximate surface area is 530 Å². The van der Waals surface area contributed by atoms with Crippen molar-refractivity contribution in [2.24, 2.45) is 0 Å². The van der Waals surface area contributed by atoms with E-state index < -0.39 is 11.7 Å². The zero-order valence-electron chi connectivity index (χ0n) is 58.3. The monoisotopic (exact) mass is 1180 g/mol. The van der Waals surface area contributed by atoms with E-state index in [0.717, 1.165) is 31.7 Å². The van der Waals surface area contributed by atoms with Crippen LogP contribution in [0.3, 0.4) is 0 Å². The van der Waals surface area contributed by atoms with Crippen LogP contribution in [0.1, 0.15) is 444 Å². The van der Waals surface area contributed by atoms with Crippen LogP contribution in [0.4, 0.5) is 0 Å². The van der Waals surface area contributed by atoms with Gasteiger partial charge in [-0.15, -0.1) is 0 Å². The molecule has 5 heteroatoms. The fraction of sp³-hybridized carbons (Fsp3) is 0.838. The Morgan fingerprint density at radius 1 is 0.329 bits per heavy atom. The quantitative estimate of drug-likeness (QED) is 0.0406. The van der Waals surface area contributed by atoms with Gasteiger partial charge in [-0.05, 0) is 75.8 Å². The molecular formula is C80H145NO4. The molecule has 494 valence electrons. The SMILES string of the molecule is CCCCCCCC(=O)c1ccc([O-])c(C(=O)O)c1.CCCCCCCCCCc1c(CCCCCCCCCC)c(CCCCCCCCCC)[n+](CCCCCCCCCC)c(CCCCCCCCCC)c1CCCCCCCCCC. The molecule has 1 heterocycles. The lowest BCUT2D eigenvalue weighted by atomic mass is 9.85. The Kier molecular flexibility index (Phi) is 56.9. The van der Waals surface area contributed by atoms with Crippen LogP contribution in [0.15, 0.2) is 18.2 Å². The van der Waals surface area contributed by atoms with Gasteiger partial charge in [-0.1, -0.05) is 355 Å². The number of nitrogens with zero attached hydrogens (tertiary/aromatic N) is 1. The van der Waals surface area contributed by atoms with Crippen LogP contribution in [0.25, 0.3) is 0 Å². The maximum atomic E-state index is 11.9. The van der Waals surface area contributed by atoms with Crippen molar-refractivity contribution in [3.05, 3.63) is 57.4 Å². The maximum Gasteiger partial charge on any atom is 0.335 e. The number of ketones is 1. The van der Waals surface area contributed by atoms with Crippen molar-refractivity contribution in [3.63, 3.8) is 0 Å². The first kappa shape index (κ1) is 80.3. The molecule has 0 saturated heterocycles. The van der Waals surface area contributed by atoms with E-state index in [0.29, 0.717) is 12.0 Å². The maximum absolute atomic E-state index is 11.9. The van der Waals surface area contributed by atoms with E-state index in [-0.39, 0.29) is 11.3 Å². The van der Waals surface area contributed by atoms with Gasteiger partial charge in [0.25, 0.3) is 0 Å². The third-order valence-electron chi connectivity index (χ3n) is 18.7. The van der Waals surface area contributed by atoms with Crippen LogP contribution in [0.2, 0.25) is 0 Å². The molecule has 85 heavy (non-hydrogen) atoms. The molecule has 2 rings (SSSR count). The Morgan fingerprint density at radius 2 is 0.588 bits per heavy atom. The molecule has 0 aliphatic carbocycles. The topological polar surface area (TPSA) is 81.3 Å². The number of hydrogen-bond acceptors (Lipinski definition) is 3. The molecule has 0 atom stereocenters. The summed E-state index contributed by atoms with van der Waals surface area (Å²) in [7, 11) is 0. The number of aromatic nitrogens is 1. The molecule has 1 aromatic carbocycles. The largest absolute Gasteiger partial charge is 0.872 e. The molecule has 0 radical (unpaired) electrons. The Bertz CT molecular complexity index is 1570. The van der Waals surface area contributed by atoms with Crippen LogP contribution >= 0.6 is 0 Å². The van der Waals surface area contributed by atoms with Crippen molar-refractivity contribution in [3.8, 4) is 5.75 Å². The standard InChI is InChI=1S/C65H126N.C15H20O4/c1-7-13-19-25-31-37-43-49-55-61-62(56-50-44-38-32-26-20-14-8-2)64(58-52-46-40-34-28-22-16-10-4)66(60-54-48-42-36-30-24-18-12-6)65(59-53-47-41-35-29-23-17-11-5)63(61)57-51-45-39-33-27-21-15-9-3;1-2-3-4-5-6-7-13(16)11-8-9-14(17)12(10-11)15(18)19/h7-60H2,1-6H3;8-10,17H,2-7H2,1H3,(H,18,19)/q+1;/p-1. The number of unbranched alkanes of at least 4 members (excludes halogenated alkanes) is 46. The number of Topliss-reactive ketones (excluding diaryl/α,β-unsaturated/α-hetero) is 1. The summed E-state index contributed by atoms with van der Waals surface area (Å²) in [5.41, 5.74) is 9.42. The highest BCUT2D eigenvalue weighted by molar-refractivity contribution is 5.99. The Morgan fingerprint density at radius 3 is 0.894 bits per heavy atom. The van der Waals surface area contributed by atoms with E-state index >= 15 is 0 Å². The summed E-state index contributed by atoms with van der Waals surface area (Å²) >= 11 is 0. The fourth-order valence-corrected chi connectivity index (χ4v) is 13.2. The zero-order chi connectivity index (χ0) is 61.9. The number of aromatic carboxylic acids is 1. The van der Waals surface area contributed by atoms with Gasteiger partial charge in [-0.2, -0.15) is 4.57 Å². The fourth-order valence-electron chi connectivity index (χ4n) is 13.2. The number of benzene rings is 1. The zero-order valence-corrected chi connectivity index (χ0v) is 58.3. The first-order valence-electron chi connectivity index (χ1n) is 38.4. The number of pyridine rings is 1. The van der Waals surface area contributed by atoms with Crippen LogP contribution in [-0.2, 0) is 38.6 Å².